The van der Waals surface area contributed by atoms with Crippen LogP contribution < -0.4 is 5.32 Å². The van der Waals surface area contributed by atoms with E-state index in [2.05, 4.69) is 48.3 Å². The molecule has 1 aromatic rings. The lowest BCUT2D eigenvalue weighted by atomic mass is 9.95. The van der Waals surface area contributed by atoms with Crippen LogP contribution in [0.4, 0.5) is 0 Å². The number of nitrogens with zero attached hydrogens (tertiary/aromatic N) is 2. The Labute approximate surface area is 170 Å². The zero-order chi connectivity index (χ0) is 20.4. The van der Waals surface area contributed by atoms with Crippen molar-refractivity contribution >= 4 is 11.8 Å². The number of nitrogens with one attached hydrogen (secondary N) is 1. The molecule has 1 aromatic carbocycles. The van der Waals surface area contributed by atoms with Crippen LogP contribution in [0.3, 0.4) is 0 Å². The Morgan fingerprint density at radius 1 is 1.11 bits per heavy atom. The van der Waals surface area contributed by atoms with Crippen LogP contribution in [0.25, 0.3) is 0 Å². The molecule has 0 aliphatic carbocycles. The summed E-state index contributed by atoms with van der Waals surface area (Å²) in [6.07, 6.45) is 3.98. The number of hydrogen-bond acceptors (Lipinski definition) is 3. The summed E-state index contributed by atoms with van der Waals surface area (Å²) in [6, 6.07) is 10.8. The van der Waals surface area contributed by atoms with Crippen molar-refractivity contribution in [3.05, 3.63) is 35.9 Å². The molecule has 1 atom stereocenters. The molecule has 5 nitrogen and oxygen atoms in total. The Kier molecular flexibility index (Phi) is 9.48. The van der Waals surface area contributed by atoms with E-state index in [0.29, 0.717) is 32.1 Å². The Morgan fingerprint density at radius 2 is 1.75 bits per heavy atom. The van der Waals surface area contributed by atoms with E-state index in [0.717, 1.165) is 38.8 Å². The number of hydrogen-bond donors (Lipinski definition) is 1. The van der Waals surface area contributed by atoms with E-state index >= 15 is 0 Å². The first kappa shape index (κ1) is 22.4. The van der Waals surface area contributed by atoms with Crippen molar-refractivity contribution in [2.75, 3.05) is 32.7 Å². The Balaban J connectivity index is 1.86. The van der Waals surface area contributed by atoms with Gasteiger partial charge in [-0.15, -0.1) is 0 Å². The standard InChI is InChI=1S/C23H37N3O2/c1-4-10-22(27)26-15-13-20(14-16-26)23(28)24-18-21(25(5-2)6-3)17-19-11-8-7-9-12-19/h7-9,11-12,20-21H,4-6,10,13-18H2,1-3H3,(H,24,28). The minimum Gasteiger partial charge on any atom is -0.354 e. The van der Waals surface area contributed by atoms with Gasteiger partial charge in [0.05, 0.1) is 0 Å². The molecule has 1 unspecified atom stereocenters. The predicted molar refractivity (Wildman–Crippen MR) is 114 cm³/mol. The van der Waals surface area contributed by atoms with E-state index in [1.807, 2.05) is 17.9 Å². The Hall–Kier alpha value is -1.88. The minimum atomic E-state index is 0.0276. The van der Waals surface area contributed by atoms with Gasteiger partial charge in [-0.25, -0.2) is 0 Å². The zero-order valence-electron chi connectivity index (χ0n) is 17.8. The summed E-state index contributed by atoms with van der Waals surface area (Å²) in [7, 11) is 0. The fourth-order valence-electron chi connectivity index (χ4n) is 4.08. The summed E-state index contributed by atoms with van der Waals surface area (Å²) in [6.45, 7) is 10.4. The molecule has 2 amide bonds. The number of likely N-dealkylation sites (tertiary alicyclic amines) is 1. The van der Waals surface area contributed by atoms with Crippen molar-refractivity contribution < 1.29 is 9.59 Å². The van der Waals surface area contributed by atoms with Crippen LogP contribution >= 0.6 is 0 Å². The quantitative estimate of drug-likeness (QED) is 0.671. The number of carbonyl (C=O) groups is 2. The van der Waals surface area contributed by atoms with E-state index in [9.17, 15) is 9.59 Å². The number of likely N-dealkylation sites (N-methyl/N-ethyl adjacent to an activating group) is 1. The highest BCUT2D eigenvalue weighted by Crippen LogP contribution is 2.18. The Bertz CT molecular complexity index is 593. The molecule has 0 spiro atoms. The largest absolute Gasteiger partial charge is 0.354 e. The summed E-state index contributed by atoms with van der Waals surface area (Å²) in [5.41, 5.74) is 1.30. The lowest BCUT2D eigenvalue weighted by Crippen LogP contribution is -2.48. The van der Waals surface area contributed by atoms with Gasteiger partial charge >= 0.3 is 0 Å². The number of benzene rings is 1. The number of carbonyl (C=O) groups excluding carboxylic acids is 2. The summed E-state index contributed by atoms with van der Waals surface area (Å²) < 4.78 is 0. The molecule has 1 fully saturated rings. The van der Waals surface area contributed by atoms with Crippen molar-refractivity contribution in [1.82, 2.24) is 15.1 Å². The molecule has 0 aromatic heterocycles. The topological polar surface area (TPSA) is 52.7 Å². The maximum absolute atomic E-state index is 12.7. The van der Waals surface area contributed by atoms with Crippen LogP contribution in [0.1, 0.15) is 52.0 Å². The molecule has 0 bridgehead atoms. The molecule has 1 heterocycles. The van der Waals surface area contributed by atoms with Crippen LogP contribution in [0.5, 0.6) is 0 Å². The molecule has 156 valence electrons. The third-order valence-corrected chi connectivity index (χ3v) is 5.84. The van der Waals surface area contributed by atoms with E-state index in [-0.39, 0.29) is 17.7 Å². The second-order valence-corrected chi connectivity index (χ2v) is 7.71. The van der Waals surface area contributed by atoms with Gasteiger partial charge in [0.15, 0.2) is 0 Å². The van der Waals surface area contributed by atoms with E-state index in [1.54, 1.807) is 0 Å². The maximum Gasteiger partial charge on any atom is 0.223 e. The highest BCUT2D eigenvalue weighted by atomic mass is 16.2. The van der Waals surface area contributed by atoms with Crippen molar-refractivity contribution in [2.45, 2.75) is 58.9 Å². The maximum atomic E-state index is 12.7. The zero-order valence-corrected chi connectivity index (χ0v) is 17.8. The van der Waals surface area contributed by atoms with E-state index < -0.39 is 0 Å². The van der Waals surface area contributed by atoms with Crippen LogP contribution in [0.2, 0.25) is 0 Å². The van der Waals surface area contributed by atoms with Crippen molar-refractivity contribution in [2.24, 2.45) is 5.92 Å². The van der Waals surface area contributed by atoms with Crippen molar-refractivity contribution in [3.8, 4) is 0 Å². The normalized spacial score (nSPS) is 16.2. The van der Waals surface area contributed by atoms with Gasteiger partial charge in [0.25, 0.3) is 0 Å². The van der Waals surface area contributed by atoms with Crippen LogP contribution in [0, 0.1) is 5.92 Å². The van der Waals surface area contributed by atoms with Crippen molar-refractivity contribution in [3.63, 3.8) is 0 Å². The summed E-state index contributed by atoms with van der Waals surface area (Å²) in [5, 5.41) is 3.21. The summed E-state index contributed by atoms with van der Waals surface area (Å²) in [5.74, 6) is 0.401. The first-order valence-corrected chi connectivity index (χ1v) is 10.9. The van der Waals surface area contributed by atoms with Gasteiger partial charge in [-0.2, -0.15) is 0 Å². The Morgan fingerprint density at radius 3 is 2.32 bits per heavy atom. The molecule has 1 aliphatic heterocycles. The lowest BCUT2D eigenvalue weighted by Gasteiger charge is -2.33. The van der Waals surface area contributed by atoms with Crippen LogP contribution in [0.15, 0.2) is 30.3 Å². The highest BCUT2D eigenvalue weighted by molar-refractivity contribution is 5.80. The molecule has 2 rings (SSSR count). The third-order valence-electron chi connectivity index (χ3n) is 5.84. The second-order valence-electron chi connectivity index (χ2n) is 7.71. The number of piperidine rings is 1. The van der Waals surface area contributed by atoms with E-state index in [1.165, 1.54) is 5.56 Å². The minimum absolute atomic E-state index is 0.0276. The summed E-state index contributed by atoms with van der Waals surface area (Å²) in [4.78, 5) is 29.1. The third kappa shape index (κ3) is 6.62. The average Bonchev–Trinajstić information content (AvgIpc) is 2.73. The number of rotatable bonds is 10. The molecule has 5 heteroatoms. The van der Waals surface area contributed by atoms with E-state index in [4.69, 9.17) is 0 Å². The van der Waals surface area contributed by atoms with Gasteiger partial charge in [-0.05, 0) is 44.3 Å². The lowest BCUT2D eigenvalue weighted by molar-refractivity contribution is -0.135. The average molecular weight is 388 g/mol. The first-order chi connectivity index (χ1) is 13.6. The molecule has 1 N–H and O–H groups in total. The molecule has 0 radical (unpaired) electrons. The summed E-state index contributed by atoms with van der Waals surface area (Å²) >= 11 is 0. The van der Waals surface area contributed by atoms with Crippen molar-refractivity contribution in [1.29, 1.82) is 0 Å². The first-order valence-electron chi connectivity index (χ1n) is 10.9. The molecular weight excluding hydrogens is 350 g/mol. The molecule has 1 saturated heterocycles. The molecule has 1 aliphatic rings. The fraction of sp³-hybridized carbons (Fsp3) is 0.652. The van der Waals surface area contributed by atoms with Crippen LogP contribution in [-0.2, 0) is 16.0 Å². The van der Waals surface area contributed by atoms with Crippen LogP contribution in [-0.4, -0.2) is 60.4 Å². The predicted octanol–water partition coefficient (Wildman–Crippen LogP) is 3.09. The van der Waals surface area contributed by atoms with Gasteiger partial charge in [0.2, 0.25) is 11.8 Å². The molecule has 0 saturated carbocycles. The van der Waals surface area contributed by atoms with Gasteiger partial charge in [0.1, 0.15) is 0 Å². The van der Waals surface area contributed by atoms with Gasteiger partial charge in [0, 0.05) is 38.0 Å². The second kappa shape index (κ2) is 11.8. The SMILES string of the molecule is CCCC(=O)N1CCC(C(=O)NCC(Cc2ccccc2)N(CC)CC)CC1. The smallest absolute Gasteiger partial charge is 0.223 e. The van der Waals surface area contributed by atoms with Gasteiger partial charge < -0.3 is 10.2 Å². The van der Waals surface area contributed by atoms with Gasteiger partial charge in [-0.3, -0.25) is 14.5 Å². The molecular formula is C23H37N3O2. The highest BCUT2D eigenvalue weighted by Gasteiger charge is 2.27. The number of amides is 2. The molecule has 28 heavy (non-hydrogen) atoms. The monoisotopic (exact) mass is 387 g/mol. The van der Waals surface area contributed by atoms with Gasteiger partial charge in [-0.1, -0.05) is 51.1 Å². The fourth-order valence-corrected chi connectivity index (χ4v) is 4.08.